The van der Waals surface area contributed by atoms with Gasteiger partial charge in [-0.25, -0.2) is 0 Å². The Morgan fingerprint density at radius 3 is 2.33 bits per heavy atom. The average molecular weight is 750 g/mol. The highest BCUT2D eigenvalue weighted by molar-refractivity contribution is 9.10. The Kier molecular flexibility index (Phi) is 11.4. The fraction of sp³-hybridized carbons (Fsp3) is 0.265. The molecule has 4 aromatic carbocycles. The van der Waals surface area contributed by atoms with Crippen LogP contribution < -0.4 is 25.2 Å². The molecule has 0 saturated heterocycles. The summed E-state index contributed by atoms with van der Waals surface area (Å²) < 4.78 is 45.9. The zero-order valence-corrected chi connectivity index (χ0v) is 28.4. The molecule has 3 N–H and O–H groups in total. The number of hydrogen-bond donors (Lipinski definition) is 3. The number of fused-ring (bicyclic) bond motifs is 2. The molecule has 0 aliphatic carbocycles. The van der Waals surface area contributed by atoms with Gasteiger partial charge in [-0.3, -0.25) is 14.4 Å². The zero-order chi connectivity index (χ0) is 34.0. The summed E-state index contributed by atoms with van der Waals surface area (Å²) in [6.45, 7) is 1.39. The normalized spacial score (nSPS) is 16.0. The molecule has 4 aromatic rings. The van der Waals surface area contributed by atoms with Crippen LogP contribution in [0, 0.1) is 0 Å². The lowest BCUT2D eigenvalue weighted by atomic mass is 10.0. The third kappa shape index (κ3) is 7.44. The molecule has 0 spiro atoms. The molecule has 9 nitrogen and oxygen atoms in total. The Labute approximate surface area is 289 Å². The number of benzene rings is 4. The molecule has 1 unspecified atom stereocenters. The van der Waals surface area contributed by atoms with E-state index in [4.69, 9.17) is 4.74 Å². The number of aliphatic hydroxyl groups excluding tert-OH is 1. The first-order valence-electron chi connectivity index (χ1n) is 14.6. The maximum absolute atomic E-state index is 14.4. The molecule has 0 radical (unpaired) electrons. The Morgan fingerprint density at radius 2 is 1.71 bits per heavy atom. The highest BCUT2D eigenvalue weighted by Crippen LogP contribution is 2.38. The van der Waals surface area contributed by atoms with Crippen LogP contribution in [0.5, 0.6) is 5.75 Å². The minimum atomic E-state index is -4.88. The van der Waals surface area contributed by atoms with Crippen LogP contribution >= 0.6 is 28.3 Å². The number of alkyl halides is 3. The topological polar surface area (TPSA) is 111 Å². The lowest BCUT2D eigenvalue weighted by Gasteiger charge is -2.27. The summed E-state index contributed by atoms with van der Waals surface area (Å²) in [6, 6.07) is 18.8. The molecular formula is C34H33BrClF3N4O5. The number of amides is 3. The van der Waals surface area contributed by atoms with E-state index in [1.54, 1.807) is 44.3 Å². The number of likely N-dealkylation sites (N-methyl/N-ethyl adjacent to an activating group) is 1. The largest absolute Gasteiger partial charge is 0.496 e. The smallest absolute Gasteiger partial charge is 0.418 e. The number of rotatable bonds is 8. The van der Waals surface area contributed by atoms with E-state index in [9.17, 15) is 32.7 Å². The maximum atomic E-state index is 14.4. The summed E-state index contributed by atoms with van der Waals surface area (Å²) in [5.41, 5.74) is 1.03. The summed E-state index contributed by atoms with van der Waals surface area (Å²) in [4.78, 5) is 44.4. The molecule has 0 aromatic heterocycles. The minimum Gasteiger partial charge on any atom is -0.496 e. The fourth-order valence-electron chi connectivity index (χ4n) is 5.49. The third-order valence-electron chi connectivity index (χ3n) is 8.15. The van der Waals surface area contributed by atoms with E-state index in [0.29, 0.717) is 22.7 Å². The summed E-state index contributed by atoms with van der Waals surface area (Å²) in [5, 5.41) is 17.0. The zero-order valence-electron chi connectivity index (χ0n) is 26.0. The first-order chi connectivity index (χ1) is 22.3. The molecule has 1 heterocycles. The number of hydrogen-bond acceptors (Lipinski definition) is 6. The molecule has 3 atom stereocenters. The summed E-state index contributed by atoms with van der Waals surface area (Å²) in [5.74, 6) is -1.03. The van der Waals surface area contributed by atoms with Gasteiger partial charge in [-0.05, 0) is 72.8 Å². The van der Waals surface area contributed by atoms with Gasteiger partial charge in [0.2, 0.25) is 5.91 Å². The third-order valence-corrected chi connectivity index (χ3v) is 8.64. The molecule has 0 fully saturated rings. The lowest BCUT2D eigenvalue weighted by molar-refractivity contribution is -0.206. The van der Waals surface area contributed by atoms with E-state index in [2.05, 4.69) is 26.6 Å². The van der Waals surface area contributed by atoms with E-state index in [1.807, 2.05) is 24.3 Å². The second-order valence-electron chi connectivity index (χ2n) is 11.1. The van der Waals surface area contributed by atoms with Crippen LogP contribution in [0.2, 0.25) is 0 Å². The van der Waals surface area contributed by atoms with Gasteiger partial charge in [0.05, 0.1) is 37.6 Å². The first kappa shape index (κ1) is 36.7. The van der Waals surface area contributed by atoms with Crippen molar-refractivity contribution >= 4 is 68.2 Å². The number of halogens is 5. The van der Waals surface area contributed by atoms with Crippen LogP contribution in [0.25, 0.3) is 10.8 Å². The molecule has 1 aliphatic rings. The number of ether oxygens (including phenoxy) is 1. The van der Waals surface area contributed by atoms with Gasteiger partial charge < -0.3 is 30.3 Å². The molecule has 3 amide bonds. The monoisotopic (exact) mass is 748 g/mol. The fourth-order valence-corrected chi connectivity index (χ4v) is 5.87. The van der Waals surface area contributed by atoms with Gasteiger partial charge in [0.1, 0.15) is 11.8 Å². The Bertz CT molecular complexity index is 1830. The van der Waals surface area contributed by atoms with E-state index >= 15 is 0 Å². The van der Waals surface area contributed by atoms with Gasteiger partial charge in [-0.15, -0.1) is 12.4 Å². The number of nitrogens with zero attached hydrogens (tertiary/aromatic N) is 2. The predicted molar refractivity (Wildman–Crippen MR) is 183 cm³/mol. The molecular weight excluding hydrogens is 717 g/mol. The Balaban J connectivity index is 0.00000520. The quantitative estimate of drug-likeness (QED) is 0.207. The van der Waals surface area contributed by atoms with Crippen LogP contribution in [-0.4, -0.2) is 61.8 Å². The Morgan fingerprint density at radius 1 is 1.04 bits per heavy atom. The maximum Gasteiger partial charge on any atom is 0.418 e. The van der Waals surface area contributed by atoms with Crippen molar-refractivity contribution in [2.24, 2.45) is 0 Å². The van der Waals surface area contributed by atoms with Crippen LogP contribution in [-0.2, 0) is 16.1 Å². The number of anilines is 2. The number of methoxy groups -OCH3 is 1. The average Bonchev–Trinajstić information content (AvgIpc) is 3.17. The Hall–Kier alpha value is -4.17. The number of para-hydroxylation sites is 2. The number of aliphatic hydroxyl groups is 1. The van der Waals surface area contributed by atoms with Crippen molar-refractivity contribution in [3.8, 4) is 5.75 Å². The van der Waals surface area contributed by atoms with Gasteiger partial charge in [0, 0.05) is 15.6 Å². The van der Waals surface area contributed by atoms with E-state index in [1.165, 1.54) is 29.0 Å². The molecule has 48 heavy (non-hydrogen) atoms. The number of nitrogens with one attached hydrogen (secondary N) is 2. The first-order valence-corrected chi connectivity index (χ1v) is 15.4. The molecule has 1 aliphatic heterocycles. The van der Waals surface area contributed by atoms with Gasteiger partial charge in [-0.2, -0.15) is 13.2 Å². The summed E-state index contributed by atoms with van der Waals surface area (Å²) in [7, 11) is 3.13. The van der Waals surface area contributed by atoms with Crippen LogP contribution in [0.15, 0.2) is 83.3 Å². The molecule has 14 heteroatoms. The van der Waals surface area contributed by atoms with Gasteiger partial charge in [0.15, 0.2) is 6.10 Å². The second kappa shape index (κ2) is 14.9. The standard InChI is InChI=1S/C34H32BrF3N4O5.ClH/c1-19(39-2)31(44)40-26-18-42(32(45)21-10-8-20(9-11-21)30(43)34(36,37)38)28-7-5-4-6-27(28)41(33(26)46)17-25-24-14-13-23(35)16-22(24)12-15-29(25)47-3;/h4-16,19,26,30,39,43H,17-18H2,1-3H3,(H,40,44);1H/t19?,26-,30-;/m0./s1. The molecule has 0 bridgehead atoms. The molecule has 0 saturated carbocycles. The number of carbonyl (C=O) groups is 3. The van der Waals surface area contributed by atoms with Crippen molar-refractivity contribution in [2.75, 3.05) is 30.5 Å². The van der Waals surface area contributed by atoms with Gasteiger partial charge in [-0.1, -0.05) is 52.3 Å². The minimum absolute atomic E-state index is 0. The predicted octanol–water partition coefficient (Wildman–Crippen LogP) is 5.91. The SMILES string of the molecule is CNC(C)C(=O)N[C@H]1CN(C(=O)c2ccc([C@H](O)C(F)(F)F)cc2)c2ccccc2N(Cc2c(OC)ccc3cc(Br)ccc23)C1=O.Cl. The van der Waals surface area contributed by atoms with E-state index in [0.717, 1.165) is 27.4 Å². The molecule has 254 valence electrons. The van der Waals surface area contributed by atoms with E-state index < -0.39 is 47.6 Å². The van der Waals surface area contributed by atoms with Crippen molar-refractivity contribution in [3.05, 3.63) is 100 Å². The van der Waals surface area contributed by atoms with Crippen molar-refractivity contribution in [1.29, 1.82) is 0 Å². The molecule has 5 rings (SSSR count). The van der Waals surface area contributed by atoms with Gasteiger partial charge in [0.25, 0.3) is 11.8 Å². The van der Waals surface area contributed by atoms with Gasteiger partial charge >= 0.3 is 6.18 Å². The lowest BCUT2D eigenvalue weighted by Crippen LogP contribution is -2.55. The highest BCUT2D eigenvalue weighted by Gasteiger charge is 2.40. The van der Waals surface area contributed by atoms with Crippen molar-refractivity contribution < 1.29 is 37.4 Å². The number of carbonyl (C=O) groups excluding carboxylic acids is 3. The van der Waals surface area contributed by atoms with Crippen LogP contribution in [0.3, 0.4) is 0 Å². The highest BCUT2D eigenvalue weighted by atomic mass is 79.9. The second-order valence-corrected chi connectivity index (χ2v) is 12.0. The van der Waals surface area contributed by atoms with Crippen molar-refractivity contribution in [1.82, 2.24) is 10.6 Å². The summed E-state index contributed by atoms with van der Waals surface area (Å²) in [6.07, 6.45) is -7.59. The summed E-state index contributed by atoms with van der Waals surface area (Å²) >= 11 is 3.50. The van der Waals surface area contributed by atoms with Crippen molar-refractivity contribution in [3.63, 3.8) is 0 Å². The van der Waals surface area contributed by atoms with E-state index in [-0.39, 0.29) is 31.1 Å². The van der Waals surface area contributed by atoms with Crippen LogP contribution in [0.1, 0.15) is 34.5 Å². The van der Waals surface area contributed by atoms with Crippen LogP contribution in [0.4, 0.5) is 24.5 Å². The van der Waals surface area contributed by atoms with Crippen molar-refractivity contribution in [2.45, 2.75) is 37.8 Å².